The molecule has 0 N–H and O–H groups in total. The second kappa shape index (κ2) is 7.77. The van der Waals surface area contributed by atoms with E-state index in [0.717, 1.165) is 43.8 Å². The van der Waals surface area contributed by atoms with Gasteiger partial charge in [0, 0.05) is 32.4 Å². The molecule has 136 valence electrons. The molecule has 2 aromatic rings. The Morgan fingerprint density at radius 1 is 1.44 bits per heavy atom. The molecular weight excluding hydrogens is 320 g/mol. The highest BCUT2D eigenvalue weighted by Gasteiger charge is 2.19. The Labute approximate surface area is 147 Å². The van der Waals surface area contributed by atoms with Gasteiger partial charge >= 0.3 is 0 Å². The van der Waals surface area contributed by atoms with E-state index in [1.165, 1.54) is 0 Å². The van der Waals surface area contributed by atoms with Crippen LogP contribution in [0, 0.1) is 13.8 Å². The molecule has 1 aliphatic heterocycles. The lowest BCUT2D eigenvalue weighted by molar-refractivity contribution is 0.0785. The van der Waals surface area contributed by atoms with Crippen LogP contribution in [0.15, 0.2) is 12.3 Å². The second-order valence-electron chi connectivity index (χ2n) is 6.69. The Kier molecular flexibility index (Phi) is 5.47. The van der Waals surface area contributed by atoms with Gasteiger partial charge in [0.15, 0.2) is 5.69 Å². The summed E-state index contributed by atoms with van der Waals surface area (Å²) in [4.78, 5) is 14.2. The molecule has 0 aromatic carbocycles. The Hall–Kier alpha value is -2.22. The number of aryl methyl sites for hydroxylation is 3. The maximum atomic E-state index is 12.5. The van der Waals surface area contributed by atoms with E-state index < -0.39 is 0 Å². The maximum absolute atomic E-state index is 12.5. The van der Waals surface area contributed by atoms with Crippen LogP contribution in [0.2, 0.25) is 0 Å². The number of aromatic nitrogens is 5. The molecular formula is C17H26N6O2. The van der Waals surface area contributed by atoms with Crippen LogP contribution in [-0.2, 0) is 17.8 Å². The van der Waals surface area contributed by atoms with Gasteiger partial charge in [-0.05, 0) is 39.2 Å². The summed E-state index contributed by atoms with van der Waals surface area (Å²) in [5.74, 6) is -0.105. The van der Waals surface area contributed by atoms with Crippen molar-refractivity contribution in [1.29, 1.82) is 0 Å². The zero-order valence-electron chi connectivity index (χ0n) is 15.2. The number of amides is 1. The van der Waals surface area contributed by atoms with Gasteiger partial charge in [0.25, 0.3) is 5.91 Å². The zero-order valence-corrected chi connectivity index (χ0v) is 15.2. The van der Waals surface area contributed by atoms with Crippen molar-refractivity contribution in [2.45, 2.75) is 52.3 Å². The van der Waals surface area contributed by atoms with Gasteiger partial charge in [0.1, 0.15) is 0 Å². The monoisotopic (exact) mass is 346 g/mol. The fourth-order valence-electron chi connectivity index (χ4n) is 3.14. The predicted molar refractivity (Wildman–Crippen MR) is 92.3 cm³/mol. The number of rotatable bonds is 7. The molecule has 8 heteroatoms. The highest BCUT2D eigenvalue weighted by Crippen LogP contribution is 2.13. The Bertz CT molecular complexity index is 717. The van der Waals surface area contributed by atoms with Crippen molar-refractivity contribution in [3.8, 4) is 0 Å². The summed E-state index contributed by atoms with van der Waals surface area (Å²) in [6.45, 7) is 6.93. The molecule has 0 bridgehead atoms. The minimum Gasteiger partial charge on any atom is -0.376 e. The molecule has 1 saturated heterocycles. The van der Waals surface area contributed by atoms with E-state index in [0.29, 0.717) is 18.8 Å². The van der Waals surface area contributed by atoms with Crippen LogP contribution >= 0.6 is 0 Å². The zero-order chi connectivity index (χ0) is 17.8. The molecule has 0 saturated carbocycles. The van der Waals surface area contributed by atoms with Gasteiger partial charge in [0.2, 0.25) is 0 Å². The van der Waals surface area contributed by atoms with Gasteiger partial charge in [-0.3, -0.25) is 9.48 Å². The third kappa shape index (κ3) is 4.45. The van der Waals surface area contributed by atoms with Crippen LogP contribution in [0.1, 0.15) is 41.1 Å². The highest BCUT2D eigenvalue weighted by molar-refractivity contribution is 5.91. The van der Waals surface area contributed by atoms with Crippen molar-refractivity contribution in [3.05, 3.63) is 29.3 Å². The van der Waals surface area contributed by atoms with E-state index in [-0.39, 0.29) is 12.0 Å². The van der Waals surface area contributed by atoms with Crippen molar-refractivity contribution in [3.63, 3.8) is 0 Å². The van der Waals surface area contributed by atoms with E-state index >= 15 is 0 Å². The number of carbonyl (C=O) groups excluding carboxylic acids is 1. The summed E-state index contributed by atoms with van der Waals surface area (Å²) in [5.41, 5.74) is 2.54. The number of ether oxygens (including phenoxy) is 1. The molecule has 0 aliphatic carbocycles. The third-order valence-electron chi connectivity index (χ3n) is 4.49. The van der Waals surface area contributed by atoms with E-state index in [2.05, 4.69) is 21.5 Å². The quantitative estimate of drug-likeness (QED) is 0.758. The Morgan fingerprint density at radius 3 is 2.96 bits per heavy atom. The first-order valence-electron chi connectivity index (χ1n) is 8.81. The summed E-state index contributed by atoms with van der Waals surface area (Å²) in [7, 11) is 1.79. The van der Waals surface area contributed by atoms with Gasteiger partial charge in [0.05, 0.1) is 24.5 Å². The SMILES string of the molecule is Cc1cc(C)n(CCCN(C)C(=O)c2cn(CC3CCCO3)nn2)n1. The molecule has 3 heterocycles. The first-order valence-corrected chi connectivity index (χ1v) is 8.81. The highest BCUT2D eigenvalue weighted by atomic mass is 16.5. The minimum atomic E-state index is -0.105. The molecule has 1 unspecified atom stereocenters. The van der Waals surface area contributed by atoms with E-state index in [1.807, 2.05) is 18.5 Å². The van der Waals surface area contributed by atoms with Gasteiger partial charge in [-0.2, -0.15) is 5.10 Å². The number of hydrogen-bond donors (Lipinski definition) is 0. The molecule has 3 rings (SSSR count). The molecule has 8 nitrogen and oxygen atoms in total. The molecule has 0 spiro atoms. The van der Waals surface area contributed by atoms with Crippen molar-refractivity contribution in [2.24, 2.45) is 0 Å². The van der Waals surface area contributed by atoms with E-state index in [1.54, 1.807) is 22.8 Å². The first-order chi connectivity index (χ1) is 12.0. The summed E-state index contributed by atoms with van der Waals surface area (Å²) < 4.78 is 9.27. The lowest BCUT2D eigenvalue weighted by atomic mass is 10.2. The van der Waals surface area contributed by atoms with Crippen LogP contribution in [0.5, 0.6) is 0 Å². The average molecular weight is 346 g/mol. The normalized spacial score (nSPS) is 17.2. The summed E-state index contributed by atoms with van der Waals surface area (Å²) >= 11 is 0. The molecule has 1 aliphatic rings. The smallest absolute Gasteiger partial charge is 0.275 e. The Balaban J connectivity index is 1.48. The van der Waals surface area contributed by atoms with Crippen LogP contribution in [0.3, 0.4) is 0 Å². The third-order valence-corrected chi connectivity index (χ3v) is 4.49. The Morgan fingerprint density at radius 2 is 2.28 bits per heavy atom. The van der Waals surface area contributed by atoms with Crippen molar-refractivity contribution >= 4 is 5.91 Å². The second-order valence-corrected chi connectivity index (χ2v) is 6.69. The summed E-state index contributed by atoms with van der Waals surface area (Å²) in [6.07, 6.45) is 4.86. The number of nitrogens with zero attached hydrogens (tertiary/aromatic N) is 6. The van der Waals surface area contributed by atoms with E-state index in [9.17, 15) is 4.79 Å². The predicted octanol–water partition coefficient (Wildman–Crippen LogP) is 1.43. The van der Waals surface area contributed by atoms with Gasteiger partial charge < -0.3 is 9.64 Å². The fraction of sp³-hybridized carbons (Fsp3) is 0.647. The fourth-order valence-corrected chi connectivity index (χ4v) is 3.14. The van der Waals surface area contributed by atoms with Crippen LogP contribution in [-0.4, -0.2) is 61.9 Å². The largest absolute Gasteiger partial charge is 0.376 e. The average Bonchev–Trinajstić information content (AvgIpc) is 3.30. The van der Waals surface area contributed by atoms with E-state index in [4.69, 9.17) is 4.74 Å². The topological polar surface area (TPSA) is 78.1 Å². The molecule has 0 radical (unpaired) electrons. The first kappa shape index (κ1) is 17.6. The summed E-state index contributed by atoms with van der Waals surface area (Å²) in [5, 5.41) is 12.5. The standard InChI is InChI=1S/C17H26N6O2/c1-13-10-14(2)23(19-13)8-5-7-21(3)17(24)16-12-22(20-18-16)11-15-6-4-9-25-15/h10,12,15H,4-9,11H2,1-3H3. The lowest BCUT2D eigenvalue weighted by Crippen LogP contribution is -2.29. The summed E-state index contributed by atoms with van der Waals surface area (Å²) in [6, 6.07) is 2.06. The van der Waals surface area contributed by atoms with Crippen molar-refractivity contribution in [2.75, 3.05) is 20.2 Å². The number of hydrogen-bond acceptors (Lipinski definition) is 5. The van der Waals surface area contributed by atoms with Crippen LogP contribution in [0.4, 0.5) is 0 Å². The van der Waals surface area contributed by atoms with Crippen molar-refractivity contribution in [1.82, 2.24) is 29.7 Å². The minimum absolute atomic E-state index is 0.105. The molecule has 1 atom stereocenters. The molecule has 1 amide bonds. The van der Waals surface area contributed by atoms with Gasteiger partial charge in [-0.1, -0.05) is 5.21 Å². The number of carbonyl (C=O) groups is 1. The molecule has 1 fully saturated rings. The van der Waals surface area contributed by atoms with Crippen molar-refractivity contribution < 1.29 is 9.53 Å². The molecule has 2 aromatic heterocycles. The van der Waals surface area contributed by atoms with Gasteiger partial charge in [-0.25, -0.2) is 4.68 Å². The van der Waals surface area contributed by atoms with Crippen LogP contribution < -0.4 is 0 Å². The maximum Gasteiger partial charge on any atom is 0.275 e. The lowest BCUT2D eigenvalue weighted by Gasteiger charge is -2.15. The van der Waals surface area contributed by atoms with Gasteiger partial charge in [-0.15, -0.1) is 5.10 Å². The van der Waals surface area contributed by atoms with Crippen LogP contribution in [0.25, 0.3) is 0 Å². The molecule has 25 heavy (non-hydrogen) atoms.